The lowest BCUT2D eigenvalue weighted by Crippen LogP contribution is -2.09. The molecule has 1 atom stereocenters. The zero-order valence-corrected chi connectivity index (χ0v) is 11.2. The van der Waals surface area contributed by atoms with Crippen LogP contribution in [-0.4, -0.2) is 19.2 Å². The van der Waals surface area contributed by atoms with E-state index in [9.17, 15) is 9.50 Å². The average Bonchev–Trinajstić information content (AvgIpc) is 2.41. The molecule has 2 aromatic rings. The highest BCUT2D eigenvalue weighted by Crippen LogP contribution is 2.21. The molecule has 0 aromatic heterocycles. The van der Waals surface area contributed by atoms with Crippen molar-refractivity contribution in [2.45, 2.75) is 12.5 Å². The molecule has 3 heteroatoms. The maximum atomic E-state index is 12.8. The smallest absolute Gasteiger partial charge is 0.123 e. The standard InChI is InChI=1S/C16H18FNO/c1-18(2)15-9-5-13(6-10-15)16(19)11-12-3-7-14(17)8-4-12/h3-10,16,19H,11H2,1-2H3. The van der Waals surface area contributed by atoms with Gasteiger partial charge < -0.3 is 10.0 Å². The van der Waals surface area contributed by atoms with Gasteiger partial charge in [-0.05, 0) is 35.4 Å². The number of nitrogens with zero attached hydrogens (tertiary/aromatic N) is 1. The number of benzene rings is 2. The van der Waals surface area contributed by atoms with Crippen LogP contribution in [0.4, 0.5) is 10.1 Å². The molecule has 2 nitrogen and oxygen atoms in total. The van der Waals surface area contributed by atoms with Crippen molar-refractivity contribution in [2.24, 2.45) is 0 Å². The van der Waals surface area contributed by atoms with Gasteiger partial charge in [0.2, 0.25) is 0 Å². The van der Waals surface area contributed by atoms with E-state index in [1.165, 1.54) is 12.1 Å². The molecular weight excluding hydrogens is 241 g/mol. The summed E-state index contributed by atoms with van der Waals surface area (Å²) < 4.78 is 12.8. The molecule has 0 bridgehead atoms. The molecule has 0 saturated heterocycles. The Morgan fingerprint density at radius 3 is 2.11 bits per heavy atom. The van der Waals surface area contributed by atoms with Crippen LogP contribution in [0.3, 0.4) is 0 Å². The van der Waals surface area contributed by atoms with Gasteiger partial charge in [-0.15, -0.1) is 0 Å². The van der Waals surface area contributed by atoms with Gasteiger partial charge in [0.1, 0.15) is 5.82 Å². The number of halogens is 1. The topological polar surface area (TPSA) is 23.5 Å². The average molecular weight is 259 g/mol. The summed E-state index contributed by atoms with van der Waals surface area (Å²) in [5, 5.41) is 10.2. The van der Waals surface area contributed by atoms with Crippen LogP contribution in [0.1, 0.15) is 17.2 Å². The summed E-state index contributed by atoms with van der Waals surface area (Å²) in [5.74, 6) is -0.256. The largest absolute Gasteiger partial charge is 0.388 e. The molecule has 2 aromatic carbocycles. The number of anilines is 1. The molecule has 1 unspecified atom stereocenters. The van der Waals surface area contributed by atoms with Crippen molar-refractivity contribution in [2.75, 3.05) is 19.0 Å². The molecule has 19 heavy (non-hydrogen) atoms. The van der Waals surface area contributed by atoms with E-state index in [1.807, 2.05) is 43.3 Å². The third-order valence-corrected chi connectivity index (χ3v) is 3.14. The number of hydrogen-bond acceptors (Lipinski definition) is 2. The van der Waals surface area contributed by atoms with Crippen LogP contribution in [0.15, 0.2) is 48.5 Å². The Bertz CT molecular complexity index is 519. The first-order valence-corrected chi connectivity index (χ1v) is 6.26. The molecule has 0 aliphatic carbocycles. The first kappa shape index (κ1) is 13.6. The van der Waals surface area contributed by atoms with Gasteiger partial charge in [0.25, 0.3) is 0 Å². The van der Waals surface area contributed by atoms with Crippen LogP contribution >= 0.6 is 0 Å². The minimum absolute atomic E-state index is 0.256. The van der Waals surface area contributed by atoms with E-state index >= 15 is 0 Å². The van der Waals surface area contributed by atoms with Gasteiger partial charge >= 0.3 is 0 Å². The van der Waals surface area contributed by atoms with Crippen LogP contribution in [-0.2, 0) is 6.42 Å². The lowest BCUT2D eigenvalue weighted by Gasteiger charge is -2.15. The summed E-state index contributed by atoms with van der Waals surface area (Å²) in [6, 6.07) is 14.0. The lowest BCUT2D eigenvalue weighted by molar-refractivity contribution is 0.178. The van der Waals surface area contributed by atoms with E-state index in [2.05, 4.69) is 0 Å². The molecule has 0 fully saturated rings. The molecule has 0 radical (unpaired) electrons. The molecule has 0 aliphatic rings. The molecule has 0 heterocycles. The van der Waals surface area contributed by atoms with Gasteiger partial charge in [0, 0.05) is 26.2 Å². The van der Waals surface area contributed by atoms with E-state index in [-0.39, 0.29) is 5.82 Å². The van der Waals surface area contributed by atoms with E-state index in [0.29, 0.717) is 6.42 Å². The Hall–Kier alpha value is -1.87. The van der Waals surface area contributed by atoms with Gasteiger partial charge in [0.15, 0.2) is 0 Å². The molecule has 2 rings (SSSR count). The predicted molar refractivity (Wildman–Crippen MR) is 75.8 cm³/mol. The summed E-state index contributed by atoms with van der Waals surface area (Å²) in [5.41, 5.74) is 2.89. The Labute approximate surface area is 113 Å². The SMILES string of the molecule is CN(C)c1ccc(C(O)Cc2ccc(F)cc2)cc1. The highest BCUT2D eigenvalue weighted by molar-refractivity contribution is 5.46. The van der Waals surface area contributed by atoms with Gasteiger partial charge in [-0.25, -0.2) is 4.39 Å². The number of aliphatic hydroxyl groups excluding tert-OH is 1. The fraction of sp³-hybridized carbons (Fsp3) is 0.250. The van der Waals surface area contributed by atoms with Gasteiger partial charge in [0.05, 0.1) is 6.10 Å². The quantitative estimate of drug-likeness (QED) is 0.911. The normalized spacial score (nSPS) is 12.2. The van der Waals surface area contributed by atoms with Crippen LogP contribution in [0.5, 0.6) is 0 Å². The zero-order valence-electron chi connectivity index (χ0n) is 11.2. The number of rotatable bonds is 4. The monoisotopic (exact) mass is 259 g/mol. The van der Waals surface area contributed by atoms with Crippen molar-refractivity contribution in [3.8, 4) is 0 Å². The maximum absolute atomic E-state index is 12.8. The zero-order chi connectivity index (χ0) is 13.8. The Morgan fingerprint density at radius 2 is 1.58 bits per heavy atom. The lowest BCUT2D eigenvalue weighted by atomic mass is 10.0. The molecule has 0 spiro atoms. The second kappa shape index (κ2) is 5.85. The Kier molecular flexibility index (Phi) is 4.17. The van der Waals surface area contributed by atoms with Crippen LogP contribution in [0.2, 0.25) is 0 Å². The molecule has 1 N–H and O–H groups in total. The highest BCUT2D eigenvalue weighted by Gasteiger charge is 2.09. The first-order chi connectivity index (χ1) is 9.06. The Morgan fingerprint density at radius 1 is 1.00 bits per heavy atom. The molecular formula is C16H18FNO. The van der Waals surface area contributed by atoms with Crippen molar-refractivity contribution < 1.29 is 9.50 Å². The van der Waals surface area contributed by atoms with Gasteiger partial charge in [-0.1, -0.05) is 24.3 Å². The summed E-state index contributed by atoms with van der Waals surface area (Å²) in [6.07, 6.45) is -0.0802. The third-order valence-electron chi connectivity index (χ3n) is 3.14. The van der Waals surface area contributed by atoms with E-state index in [1.54, 1.807) is 12.1 Å². The number of aliphatic hydroxyl groups is 1. The van der Waals surface area contributed by atoms with Crippen molar-refractivity contribution in [3.63, 3.8) is 0 Å². The molecule has 100 valence electrons. The fourth-order valence-corrected chi connectivity index (χ4v) is 1.96. The molecule has 0 amide bonds. The van der Waals surface area contributed by atoms with Crippen molar-refractivity contribution in [1.82, 2.24) is 0 Å². The van der Waals surface area contributed by atoms with E-state index < -0.39 is 6.10 Å². The second-order valence-corrected chi connectivity index (χ2v) is 4.83. The van der Waals surface area contributed by atoms with E-state index in [0.717, 1.165) is 16.8 Å². The predicted octanol–water partition coefficient (Wildman–Crippen LogP) is 3.17. The first-order valence-electron chi connectivity index (χ1n) is 6.26. The molecule has 0 aliphatic heterocycles. The number of hydrogen-bond donors (Lipinski definition) is 1. The maximum Gasteiger partial charge on any atom is 0.123 e. The summed E-state index contributed by atoms with van der Waals surface area (Å²) in [6.45, 7) is 0. The highest BCUT2D eigenvalue weighted by atomic mass is 19.1. The Balaban J connectivity index is 2.07. The summed E-state index contributed by atoms with van der Waals surface area (Å²) in [7, 11) is 3.95. The van der Waals surface area contributed by atoms with Gasteiger partial charge in [-0.3, -0.25) is 0 Å². The minimum atomic E-state index is -0.568. The summed E-state index contributed by atoms with van der Waals surface area (Å²) >= 11 is 0. The van der Waals surface area contributed by atoms with Crippen LogP contribution < -0.4 is 4.90 Å². The minimum Gasteiger partial charge on any atom is -0.388 e. The van der Waals surface area contributed by atoms with Gasteiger partial charge in [-0.2, -0.15) is 0 Å². The molecule has 0 saturated carbocycles. The summed E-state index contributed by atoms with van der Waals surface area (Å²) in [4.78, 5) is 2.01. The third kappa shape index (κ3) is 3.55. The van der Waals surface area contributed by atoms with Crippen LogP contribution in [0.25, 0.3) is 0 Å². The second-order valence-electron chi connectivity index (χ2n) is 4.83. The van der Waals surface area contributed by atoms with Crippen molar-refractivity contribution in [3.05, 3.63) is 65.5 Å². The van der Waals surface area contributed by atoms with E-state index in [4.69, 9.17) is 0 Å². The van der Waals surface area contributed by atoms with Crippen molar-refractivity contribution >= 4 is 5.69 Å². The fourth-order valence-electron chi connectivity index (χ4n) is 1.96. The van der Waals surface area contributed by atoms with Crippen molar-refractivity contribution in [1.29, 1.82) is 0 Å². The van der Waals surface area contributed by atoms with Crippen LogP contribution in [0, 0.1) is 5.82 Å².